The Morgan fingerprint density at radius 1 is 1.20 bits per heavy atom. The van der Waals surface area contributed by atoms with Crippen LogP contribution in [-0.4, -0.2) is 29.3 Å². The molecule has 0 bridgehead atoms. The molecular formula is C10H14O5. The summed E-state index contributed by atoms with van der Waals surface area (Å²) >= 11 is 0. The Morgan fingerprint density at radius 3 is 2.20 bits per heavy atom. The summed E-state index contributed by atoms with van der Waals surface area (Å²) < 4.78 is 9.95. The van der Waals surface area contributed by atoms with Gasteiger partial charge in [0.15, 0.2) is 0 Å². The lowest BCUT2D eigenvalue weighted by Crippen LogP contribution is -2.30. The Kier molecular flexibility index (Phi) is 4.15. The fraction of sp³-hybridized carbons (Fsp3) is 0.600. The molecule has 0 aromatic carbocycles. The smallest absolute Gasteiger partial charge is 0.417 e. The summed E-state index contributed by atoms with van der Waals surface area (Å²) in [5, 5.41) is 8.34. The zero-order valence-electron chi connectivity index (χ0n) is 8.35. The predicted octanol–water partition coefficient (Wildman–Crippen LogP) is 1.09. The predicted molar refractivity (Wildman–Crippen MR) is 51.1 cm³/mol. The number of rotatable bonds is 3. The maximum absolute atomic E-state index is 10.7. The number of hydrogen-bond donors (Lipinski definition) is 1. The molecule has 0 aromatic heterocycles. The summed E-state index contributed by atoms with van der Waals surface area (Å²) in [6, 6.07) is 0. The minimum Gasteiger partial charge on any atom is -0.499 e. The molecule has 0 atom stereocenters. The zero-order chi connectivity index (χ0) is 11.3. The first-order chi connectivity index (χ1) is 7.13. The fourth-order valence-electron chi connectivity index (χ4n) is 1.62. The molecule has 0 unspecified atom stereocenters. The normalized spacial score (nSPS) is 25.3. The van der Waals surface area contributed by atoms with Crippen LogP contribution in [0.1, 0.15) is 25.7 Å². The van der Waals surface area contributed by atoms with Gasteiger partial charge in [-0.15, -0.1) is 0 Å². The van der Waals surface area contributed by atoms with E-state index in [0.717, 1.165) is 12.8 Å². The molecule has 0 spiro atoms. The number of esters is 1. The molecule has 1 aliphatic rings. The average Bonchev–Trinajstić information content (AvgIpc) is 2.21. The van der Waals surface area contributed by atoms with Gasteiger partial charge >= 0.3 is 11.9 Å². The van der Waals surface area contributed by atoms with Crippen LogP contribution in [0.4, 0.5) is 0 Å². The first-order valence-corrected chi connectivity index (χ1v) is 4.83. The molecule has 1 aliphatic carbocycles. The number of carbonyl (C=O) groups excluding carboxylic acids is 1. The summed E-state index contributed by atoms with van der Waals surface area (Å²) in [6.45, 7) is 3.46. The molecular weight excluding hydrogens is 200 g/mol. The van der Waals surface area contributed by atoms with Crippen LogP contribution in [0, 0.1) is 0 Å². The van der Waals surface area contributed by atoms with Gasteiger partial charge in [-0.05, 0) is 25.7 Å². The highest BCUT2D eigenvalue weighted by molar-refractivity contribution is 6.28. The molecule has 0 radical (unpaired) electrons. The third kappa shape index (κ3) is 3.61. The highest BCUT2D eigenvalue weighted by Gasteiger charge is 2.26. The van der Waals surface area contributed by atoms with Gasteiger partial charge in [-0.3, -0.25) is 0 Å². The number of carboxylic acids is 1. The quantitative estimate of drug-likeness (QED) is 0.432. The lowest BCUT2D eigenvalue weighted by Gasteiger charge is -2.27. The van der Waals surface area contributed by atoms with E-state index in [1.165, 1.54) is 6.26 Å². The maximum atomic E-state index is 10.7. The van der Waals surface area contributed by atoms with E-state index in [2.05, 4.69) is 6.58 Å². The van der Waals surface area contributed by atoms with E-state index in [0.29, 0.717) is 12.8 Å². The second kappa shape index (κ2) is 5.38. The Morgan fingerprint density at radius 2 is 1.73 bits per heavy atom. The van der Waals surface area contributed by atoms with Crippen molar-refractivity contribution in [2.24, 2.45) is 0 Å². The summed E-state index contributed by atoms with van der Waals surface area (Å²) in [7, 11) is 0. The Bertz CT molecular complexity index is 253. The second-order valence-electron chi connectivity index (χ2n) is 3.41. The number of carbonyl (C=O) groups is 2. The van der Waals surface area contributed by atoms with Gasteiger partial charge in [0.2, 0.25) is 0 Å². The maximum Gasteiger partial charge on any atom is 0.417 e. The van der Waals surface area contributed by atoms with Crippen LogP contribution in [0.25, 0.3) is 0 Å². The van der Waals surface area contributed by atoms with Crippen molar-refractivity contribution >= 4 is 11.9 Å². The zero-order valence-corrected chi connectivity index (χ0v) is 8.35. The largest absolute Gasteiger partial charge is 0.499 e. The topological polar surface area (TPSA) is 72.8 Å². The third-order valence-electron chi connectivity index (χ3n) is 2.36. The molecule has 15 heavy (non-hydrogen) atoms. The van der Waals surface area contributed by atoms with Crippen LogP contribution in [0.2, 0.25) is 0 Å². The average molecular weight is 214 g/mol. The standard InChI is InChI=1S/C10H14O5/c1-2-14-7-3-5-8(6-4-7)15-10(13)9(11)12/h2,7-8H,1,3-6H2,(H,11,12). The van der Waals surface area contributed by atoms with Gasteiger partial charge in [-0.1, -0.05) is 6.58 Å². The van der Waals surface area contributed by atoms with Crippen LogP contribution >= 0.6 is 0 Å². The van der Waals surface area contributed by atoms with Crippen LogP contribution in [0.3, 0.4) is 0 Å². The van der Waals surface area contributed by atoms with E-state index in [4.69, 9.17) is 14.6 Å². The van der Waals surface area contributed by atoms with Gasteiger partial charge < -0.3 is 14.6 Å². The second-order valence-corrected chi connectivity index (χ2v) is 3.41. The molecule has 5 nitrogen and oxygen atoms in total. The minimum atomic E-state index is -1.54. The highest BCUT2D eigenvalue weighted by Crippen LogP contribution is 2.23. The molecule has 1 N–H and O–H groups in total. The van der Waals surface area contributed by atoms with Crippen molar-refractivity contribution in [1.29, 1.82) is 0 Å². The summed E-state index contributed by atoms with van der Waals surface area (Å²) in [6.07, 6.45) is 4.00. The molecule has 0 amide bonds. The van der Waals surface area contributed by atoms with Gasteiger partial charge in [0.05, 0.1) is 12.4 Å². The Balaban J connectivity index is 2.28. The van der Waals surface area contributed by atoms with Gasteiger partial charge in [0, 0.05) is 0 Å². The van der Waals surface area contributed by atoms with Gasteiger partial charge in [0.1, 0.15) is 6.10 Å². The number of carboxylic acid groups (broad SMARTS) is 1. The van der Waals surface area contributed by atoms with Crippen molar-refractivity contribution < 1.29 is 24.2 Å². The lowest BCUT2D eigenvalue weighted by molar-refractivity contribution is -0.168. The lowest BCUT2D eigenvalue weighted by atomic mass is 9.95. The van der Waals surface area contributed by atoms with Crippen LogP contribution in [-0.2, 0) is 19.1 Å². The SMILES string of the molecule is C=COC1CCC(OC(=O)C(=O)O)CC1. The van der Waals surface area contributed by atoms with Crippen LogP contribution in [0.15, 0.2) is 12.8 Å². The molecule has 84 valence electrons. The van der Waals surface area contributed by atoms with Crippen molar-refractivity contribution in [3.63, 3.8) is 0 Å². The summed E-state index contributed by atoms with van der Waals surface area (Å²) in [5.41, 5.74) is 0. The van der Waals surface area contributed by atoms with Crippen molar-refractivity contribution in [2.45, 2.75) is 37.9 Å². The third-order valence-corrected chi connectivity index (χ3v) is 2.36. The van der Waals surface area contributed by atoms with Crippen LogP contribution in [0.5, 0.6) is 0 Å². The number of ether oxygens (including phenoxy) is 2. The molecule has 1 rings (SSSR count). The van der Waals surface area contributed by atoms with Crippen molar-refractivity contribution in [1.82, 2.24) is 0 Å². The first kappa shape index (κ1) is 11.6. The molecule has 5 heteroatoms. The fourth-order valence-corrected chi connectivity index (χ4v) is 1.62. The van der Waals surface area contributed by atoms with Crippen molar-refractivity contribution in [3.8, 4) is 0 Å². The molecule has 0 heterocycles. The van der Waals surface area contributed by atoms with E-state index in [1.54, 1.807) is 0 Å². The summed E-state index contributed by atoms with van der Waals surface area (Å²) in [4.78, 5) is 21.0. The Labute approximate surface area is 87.7 Å². The molecule has 1 fully saturated rings. The van der Waals surface area contributed by atoms with E-state index in [1.807, 2.05) is 0 Å². The van der Waals surface area contributed by atoms with E-state index in [9.17, 15) is 9.59 Å². The molecule has 1 saturated carbocycles. The van der Waals surface area contributed by atoms with Crippen molar-refractivity contribution in [3.05, 3.63) is 12.8 Å². The van der Waals surface area contributed by atoms with Gasteiger partial charge in [-0.2, -0.15) is 0 Å². The number of hydrogen-bond acceptors (Lipinski definition) is 4. The molecule has 0 aromatic rings. The van der Waals surface area contributed by atoms with Gasteiger partial charge in [0.25, 0.3) is 0 Å². The molecule has 0 aliphatic heterocycles. The monoisotopic (exact) mass is 214 g/mol. The van der Waals surface area contributed by atoms with E-state index in [-0.39, 0.29) is 12.2 Å². The Hall–Kier alpha value is -1.52. The molecule has 0 saturated heterocycles. The van der Waals surface area contributed by atoms with Crippen molar-refractivity contribution in [2.75, 3.05) is 0 Å². The first-order valence-electron chi connectivity index (χ1n) is 4.83. The highest BCUT2D eigenvalue weighted by atomic mass is 16.6. The van der Waals surface area contributed by atoms with E-state index >= 15 is 0 Å². The number of aliphatic carboxylic acids is 1. The summed E-state index contributed by atoms with van der Waals surface area (Å²) in [5.74, 6) is -2.72. The van der Waals surface area contributed by atoms with Crippen LogP contribution < -0.4 is 0 Å². The van der Waals surface area contributed by atoms with E-state index < -0.39 is 11.9 Å². The minimum absolute atomic E-state index is 0.113. The van der Waals surface area contributed by atoms with Gasteiger partial charge in [-0.25, -0.2) is 9.59 Å².